The van der Waals surface area contributed by atoms with Gasteiger partial charge in [-0.15, -0.1) is 0 Å². The summed E-state index contributed by atoms with van der Waals surface area (Å²) < 4.78 is 5.53. The zero-order chi connectivity index (χ0) is 10.9. The molecule has 0 aliphatic rings. The van der Waals surface area contributed by atoms with Crippen molar-refractivity contribution in [1.82, 2.24) is 4.98 Å². The second kappa shape index (κ2) is 7.23. The lowest BCUT2D eigenvalue weighted by Gasteiger charge is -2.05. The maximum atomic E-state index is 5.53. The van der Waals surface area contributed by atoms with Gasteiger partial charge in [0.05, 0.1) is 6.61 Å². The van der Waals surface area contributed by atoms with E-state index in [1.54, 1.807) is 6.20 Å². The summed E-state index contributed by atoms with van der Waals surface area (Å²) in [5.74, 6) is 0.689. The molecular formula is C12H20N2O. The summed E-state index contributed by atoms with van der Waals surface area (Å²) in [4.78, 5) is 4.13. The molecule has 84 valence electrons. The number of unbranched alkanes of at least 4 members (excludes halogenated alkanes) is 3. The lowest BCUT2D eigenvalue weighted by Crippen LogP contribution is -2.01. The quantitative estimate of drug-likeness (QED) is 0.700. The zero-order valence-electron chi connectivity index (χ0n) is 9.41. The van der Waals surface area contributed by atoms with Crippen LogP contribution in [0.5, 0.6) is 5.88 Å². The minimum absolute atomic E-state index is 0.536. The van der Waals surface area contributed by atoms with Gasteiger partial charge in [0.2, 0.25) is 5.88 Å². The molecule has 0 spiro atoms. The normalized spacial score (nSPS) is 10.3. The van der Waals surface area contributed by atoms with Gasteiger partial charge in [0.15, 0.2) is 0 Å². The lowest BCUT2D eigenvalue weighted by molar-refractivity contribution is 0.293. The first-order valence-corrected chi connectivity index (χ1v) is 5.64. The predicted molar refractivity (Wildman–Crippen MR) is 61.8 cm³/mol. The second-order valence-electron chi connectivity index (χ2n) is 3.62. The van der Waals surface area contributed by atoms with Crippen molar-refractivity contribution >= 4 is 0 Å². The summed E-state index contributed by atoms with van der Waals surface area (Å²) in [7, 11) is 0. The fourth-order valence-electron chi connectivity index (χ4n) is 1.36. The first-order valence-electron chi connectivity index (χ1n) is 5.64. The van der Waals surface area contributed by atoms with Gasteiger partial charge < -0.3 is 10.5 Å². The average Bonchev–Trinajstić information content (AvgIpc) is 2.29. The largest absolute Gasteiger partial charge is 0.478 e. The molecule has 0 saturated heterocycles. The molecule has 1 aromatic heterocycles. The minimum atomic E-state index is 0.536. The molecule has 1 aromatic rings. The molecule has 0 saturated carbocycles. The Morgan fingerprint density at radius 3 is 2.93 bits per heavy atom. The molecule has 1 rings (SSSR count). The molecule has 0 aliphatic heterocycles. The summed E-state index contributed by atoms with van der Waals surface area (Å²) in [5.41, 5.74) is 6.59. The lowest BCUT2D eigenvalue weighted by atomic mass is 10.2. The van der Waals surface area contributed by atoms with Gasteiger partial charge in [0, 0.05) is 18.8 Å². The minimum Gasteiger partial charge on any atom is -0.478 e. The van der Waals surface area contributed by atoms with E-state index in [1.165, 1.54) is 19.3 Å². The van der Waals surface area contributed by atoms with Gasteiger partial charge in [-0.1, -0.05) is 26.2 Å². The van der Waals surface area contributed by atoms with Gasteiger partial charge in [-0.05, 0) is 18.1 Å². The Morgan fingerprint density at radius 1 is 1.33 bits per heavy atom. The van der Waals surface area contributed by atoms with E-state index in [4.69, 9.17) is 10.5 Å². The number of aromatic nitrogens is 1. The van der Waals surface area contributed by atoms with Crippen molar-refractivity contribution < 1.29 is 4.74 Å². The van der Waals surface area contributed by atoms with Crippen LogP contribution in [0.4, 0.5) is 0 Å². The average molecular weight is 208 g/mol. The molecule has 0 aliphatic carbocycles. The Bertz CT molecular complexity index is 276. The number of nitrogens with zero attached hydrogens (tertiary/aromatic N) is 1. The van der Waals surface area contributed by atoms with Gasteiger partial charge in [-0.2, -0.15) is 0 Å². The van der Waals surface area contributed by atoms with E-state index in [9.17, 15) is 0 Å². The van der Waals surface area contributed by atoms with E-state index in [2.05, 4.69) is 11.9 Å². The smallest absolute Gasteiger partial charge is 0.213 e. The first-order chi connectivity index (χ1) is 7.36. The number of nitrogens with two attached hydrogens (primary N) is 1. The van der Waals surface area contributed by atoms with Crippen molar-refractivity contribution in [2.75, 3.05) is 6.61 Å². The van der Waals surface area contributed by atoms with Crippen LogP contribution in [0.3, 0.4) is 0 Å². The van der Waals surface area contributed by atoms with E-state index in [0.29, 0.717) is 12.4 Å². The SMILES string of the molecule is CCCCCCOc1cc(CN)ccn1. The van der Waals surface area contributed by atoms with Gasteiger partial charge in [0.25, 0.3) is 0 Å². The highest BCUT2D eigenvalue weighted by Gasteiger charge is 1.96. The molecule has 0 amide bonds. The van der Waals surface area contributed by atoms with Crippen molar-refractivity contribution in [1.29, 1.82) is 0 Å². The molecule has 0 unspecified atom stereocenters. The van der Waals surface area contributed by atoms with Crippen molar-refractivity contribution in [2.24, 2.45) is 5.73 Å². The molecule has 0 fully saturated rings. The van der Waals surface area contributed by atoms with Gasteiger partial charge in [-0.25, -0.2) is 4.98 Å². The van der Waals surface area contributed by atoms with E-state index in [1.807, 2.05) is 12.1 Å². The predicted octanol–water partition coefficient (Wildman–Crippen LogP) is 2.50. The van der Waals surface area contributed by atoms with Crippen LogP contribution in [0, 0.1) is 0 Å². The van der Waals surface area contributed by atoms with E-state index < -0.39 is 0 Å². The Kier molecular flexibility index (Phi) is 5.78. The van der Waals surface area contributed by atoms with Crippen LogP contribution >= 0.6 is 0 Å². The number of rotatable bonds is 7. The Labute approximate surface area is 91.7 Å². The highest BCUT2D eigenvalue weighted by atomic mass is 16.5. The molecule has 0 bridgehead atoms. The summed E-state index contributed by atoms with van der Waals surface area (Å²) in [6, 6.07) is 3.81. The highest BCUT2D eigenvalue weighted by molar-refractivity contribution is 5.19. The molecule has 1 heterocycles. The second-order valence-corrected chi connectivity index (χ2v) is 3.62. The Balaban J connectivity index is 2.24. The van der Waals surface area contributed by atoms with Crippen LogP contribution in [-0.4, -0.2) is 11.6 Å². The maximum Gasteiger partial charge on any atom is 0.213 e. The van der Waals surface area contributed by atoms with Crippen LogP contribution in [0.25, 0.3) is 0 Å². The Morgan fingerprint density at radius 2 is 2.20 bits per heavy atom. The summed E-state index contributed by atoms with van der Waals surface area (Å²) >= 11 is 0. The van der Waals surface area contributed by atoms with Crippen LogP contribution in [-0.2, 0) is 6.54 Å². The molecule has 0 atom stereocenters. The topological polar surface area (TPSA) is 48.1 Å². The summed E-state index contributed by atoms with van der Waals surface area (Å²) in [5, 5.41) is 0. The van der Waals surface area contributed by atoms with E-state index in [0.717, 1.165) is 18.6 Å². The monoisotopic (exact) mass is 208 g/mol. The number of pyridine rings is 1. The van der Waals surface area contributed by atoms with Crippen molar-refractivity contribution in [3.63, 3.8) is 0 Å². The van der Waals surface area contributed by atoms with Crippen molar-refractivity contribution in [3.8, 4) is 5.88 Å². The third-order valence-corrected chi connectivity index (χ3v) is 2.28. The van der Waals surface area contributed by atoms with Crippen LogP contribution in [0.2, 0.25) is 0 Å². The molecule has 3 heteroatoms. The van der Waals surface area contributed by atoms with Crippen molar-refractivity contribution in [2.45, 2.75) is 39.2 Å². The van der Waals surface area contributed by atoms with E-state index in [-0.39, 0.29) is 0 Å². The Hall–Kier alpha value is -1.09. The summed E-state index contributed by atoms with van der Waals surface area (Å²) in [6.07, 6.45) is 6.60. The number of hydrogen-bond donors (Lipinski definition) is 1. The highest BCUT2D eigenvalue weighted by Crippen LogP contribution is 2.09. The molecule has 3 nitrogen and oxygen atoms in total. The number of hydrogen-bond acceptors (Lipinski definition) is 3. The van der Waals surface area contributed by atoms with Gasteiger partial charge >= 0.3 is 0 Å². The van der Waals surface area contributed by atoms with Crippen LogP contribution < -0.4 is 10.5 Å². The molecule has 0 aromatic carbocycles. The fourth-order valence-corrected chi connectivity index (χ4v) is 1.36. The van der Waals surface area contributed by atoms with Gasteiger partial charge in [-0.3, -0.25) is 0 Å². The molecule has 15 heavy (non-hydrogen) atoms. The molecule has 0 radical (unpaired) electrons. The fraction of sp³-hybridized carbons (Fsp3) is 0.583. The summed E-state index contributed by atoms with van der Waals surface area (Å²) in [6.45, 7) is 3.49. The number of ether oxygens (including phenoxy) is 1. The zero-order valence-corrected chi connectivity index (χ0v) is 9.41. The first kappa shape index (κ1) is 12.0. The third-order valence-electron chi connectivity index (χ3n) is 2.28. The van der Waals surface area contributed by atoms with Crippen molar-refractivity contribution in [3.05, 3.63) is 23.9 Å². The molecule has 2 N–H and O–H groups in total. The standard InChI is InChI=1S/C12H20N2O/c1-2-3-4-5-8-15-12-9-11(10-13)6-7-14-12/h6-7,9H,2-5,8,10,13H2,1H3. The third kappa shape index (κ3) is 4.79. The van der Waals surface area contributed by atoms with Crippen LogP contribution in [0.1, 0.15) is 38.2 Å². The van der Waals surface area contributed by atoms with Gasteiger partial charge in [0.1, 0.15) is 0 Å². The molecular weight excluding hydrogens is 188 g/mol. The van der Waals surface area contributed by atoms with E-state index >= 15 is 0 Å². The maximum absolute atomic E-state index is 5.53. The van der Waals surface area contributed by atoms with Crippen LogP contribution in [0.15, 0.2) is 18.3 Å².